The summed E-state index contributed by atoms with van der Waals surface area (Å²) < 4.78 is 24.2. The highest BCUT2D eigenvalue weighted by Crippen LogP contribution is 2.33. The molecule has 0 spiro atoms. The highest BCUT2D eigenvalue weighted by Gasteiger charge is 2.35. The Labute approximate surface area is 191 Å². The fourth-order valence-electron chi connectivity index (χ4n) is 4.19. The monoisotopic (exact) mass is 448 g/mol. The van der Waals surface area contributed by atoms with Gasteiger partial charge in [0.2, 0.25) is 5.91 Å². The number of carbonyl (C=O) groups is 2. The van der Waals surface area contributed by atoms with Crippen LogP contribution in [0.4, 0.5) is 4.39 Å². The van der Waals surface area contributed by atoms with Crippen molar-refractivity contribution < 1.29 is 23.5 Å². The normalized spacial score (nSPS) is 15.7. The average molecular weight is 448 g/mol. The number of halogens is 1. The lowest BCUT2D eigenvalue weighted by Crippen LogP contribution is -2.58. The van der Waals surface area contributed by atoms with Gasteiger partial charge in [0.05, 0.1) is 19.8 Å². The zero-order valence-electron chi connectivity index (χ0n) is 18.5. The number of hydrogen-bond acceptors (Lipinski definition) is 4. The molecule has 3 aromatic rings. The summed E-state index contributed by atoms with van der Waals surface area (Å²) in [5.41, 5.74) is 2.96. The second-order valence-electron chi connectivity index (χ2n) is 7.71. The van der Waals surface area contributed by atoms with Crippen molar-refractivity contribution in [3.63, 3.8) is 0 Å². The Morgan fingerprint density at radius 1 is 1.03 bits per heavy atom. The summed E-state index contributed by atoms with van der Waals surface area (Å²) in [4.78, 5) is 28.0. The zero-order chi connectivity index (χ0) is 23.4. The molecule has 0 radical (unpaired) electrons. The van der Waals surface area contributed by atoms with Crippen molar-refractivity contribution in [2.45, 2.75) is 12.5 Å². The summed E-state index contributed by atoms with van der Waals surface area (Å²) in [7, 11) is 2.99. The van der Waals surface area contributed by atoms with Gasteiger partial charge < -0.3 is 19.7 Å². The Morgan fingerprint density at radius 3 is 2.52 bits per heavy atom. The molecule has 1 atom stereocenters. The molecule has 2 amide bonds. The van der Waals surface area contributed by atoms with Crippen LogP contribution in [0.15, 0.2) is 66.7 Å². The number of methoxy groups -OCH3 is 2. The smallest absolute Gasteiger partial charge is 0.258 e. The third-order valence-electron chi connectivity index (χ3n) is 5.81. The van der Waals surface area contributed by atoms with E-state index in [4.69, 9.17) is 9.47 Å². The molecule has 4 rings (SSSR count). The van der Waals surface area contributed by atoms with Crippen LogP contribution >= 0.6 is 0 Å². The van der Waals surface area contributed by atoms with Crippen LogP contribution in [-0.2, 0) is 11.2 Å². The lowest BCUT2D eigenvalue weighted by molar-refractivity contribution is -0.127. The van der Waals surface area contributed by atoms with Gasteiger partial charge in [0, 0.05) is 19.5 Å². The first kappa shape index (κ1) is 22.3. The molecule has 1 fully saturated rings. The number of amides is 2. The number of para-hydroxylation sites is 1. The van der Waals surface area contributed by atoms with Crippen molar-refractivity contribution in [3.8, 4) is 22.6 Å². The molecule has 3 aromatic carbocycles. The third kappa shape index (κ3) is 4.53. The number of benzene rings is 3. The molecule has 7 heteroatoms. The van der Waals surface area contributed by atoms with Gasteiger partial charge in [0.1, 0.15) is 11.9 Å². The van der Waals surface area contributed by atoms with Crippen LogP contribution in [0.3, 0.4) is 0 Å². The van der Waals surface area contributed by atoms with Gasteiger partial charge in [-0.2, -0.15) is 0 Å². The predicted octanol–water partition coefficient (Wildman–Crippen LogP) is 3.69. The van der Waals surface area contributed by atoms with Crippen LogP contribution in [0.1, 0.15) is 15.9 Å². The second kappa shape index (κ2) is 9.73. The molecule has 0 aliphatic carbocycles. The Balaban J connectivity index is 1.68. The van der Waals surface area contributed by atoms with Crippen molar-refractivity contribution in [3.05, 3.63) is 83.7 Å². The Morgan fingerprint density at radius 2 is 1.79 bits per heavy atom. The number of piperazine rings is 1. The number of hydrogen-bond donors (Lipinski definition) is 1. The summed E-state index contributed by atoms with van der Waals surface area (Å²) in [5.74, 6) is -0.0495. The molecule has 1 saturated heterocycles. The molecule has 0 saturated carbocycles. The van der Waals surface area contributed by atoms with Crippen LogP contribution in [-0.4, -0.2) is 50.1 Å². The van der Waals surface area contributed by atoms with E-state index in [1.807, 2.05) is 24.3 Å². The van der Waals surface area contributed by atoms with Crippen molar-refractivity contribution in [1.82, 2.24) is 10.2 Å². The molecule has 1 heterocycles. The summed E-state index contributed by atoms with van der Waals surface area (Å²) in [5, 5.41) is 2.87. The standard InChI is InChI=1S/C26H25FN2O4/c1-32-23-9-5-8-21(24(23)33-2)26(31)29-15-14-28-25(30)22(29)16-18-6-3-4-7-20(18)17-10-12-19(27)13-11-17/h3-13,22H,14-16H2,1-2H3,(H,28,30). The van der Waals surface area contributed by atoms with Crippen LogP contribution in [0, 0.1) is 5.82 Å². The minimum absolute atomic E-state index is 0.217. The first-order valence-electron chi connectivity index (χ1n) is 10.7. The minimum Gasteiger partial charge on any atom is -0.493 e. The van der Waals surface area contributed by atoms with Crippen molar-refractivity contribution in [2.75, 3.05) is 27.3 Å². The fraction of sp³-hybridized carbons (Fsp3) is 0.231. The van der Waals surface area contributed by atoms with Crippen molar-refractivity contribution in [2.24, 2.45) is 0 Å². The van der Waals surface area contributed by atoms with Gasteiger partial charge in [-0.1, -0.05) is 42.5 Å². The van der Waals surface area contributed by atoms with Gasteiger partial charge in [-0.25, -0.2) is 4.39 Å². The fourth-order valence-corrected chi connectivity index (χ4v) is 4.19. The zero-order valence-corrected chi connectivity index (χ0v) is 18.5. The largest absolute Gasteiger partial charge is 0.493 e. The van der Waals surface area contributed by atoms with E-state index >= 15 is 0 Å². The molecule has 1 aliphatic rings. The van der Waals surface area contributed by atoms with Crippen LogP contribution in [0.25, 0.3) is 11.1 Å². The van der Waals surface area contributed by atoms with E-state index in [0.717, 1.165) is 16.7 Å². The van der Waals surface area contributed by atoms with E-state index in [-0.39, 0.29) is 17.6 Å². The van der Waals surface area contributed by atoms with Crippen LogP contribution in [0.2, 0.25) is 0 Å². The van der Waals surface area contributed by atoms with Crippen LogP contribution < -0.4 is 14.8 Å². The van der Waals surface area contributed by atoms with Gasteiger partial charge in [0.25, 0.3) is 5.91 Å². The first-order valence-corrected chi connectivity index (χ1v) is 10.7. The molecule has 1 N–H and O–H groups in total. The van der Waals surface area contributed by atoms with Crippen molar-refractivity contribution >= 4 is 11.8 Å². The van der Waals surface area contributed by atoms with Crippen molar-refractivity contribution in [1.29, 1.82) is 0 Å². The topological polar surface area (TPSA) is 67.9 Å². The van der Waals surface area contributed by atoms with Crippen LogP contribution in [0.5, 0.6) is 11.5 Å². The van der Waals surface area contributed by atoms with E-state index in [1.165, 1.54) is 26.4 Å². The number of nitrogens with one attached hydrogen (secondary N) is 1. The van der Waals surface area contributed by atoms with E-state index in [9.17, 15) is 14.0 Å². The van der Waals surface area contributed by atoms with E-state index < -0.39 is 6.04 Å². The summed E-state index contributed by atoms with van der Waals surface area (Å²) in [6.45, 7) is 0.737. The molecule has 6 nitrogen and oxygen atoms in total. The van der Waals surface area contributed by atoms with Gasteiger partial charge in [-0.3, -0.25) is 9.59 Å². The maximum Gasteiger partial charge on any atom is 0.258 e. The van der Waals surface area contributed by atoms with E-state index in [0.29, 0.717) is 36.6 Å². The van der Waals surface area contributed by atoms with Gasteiger partial charge >= 0.3 is 0 Å². The van der Waals surface area contributed by atoms with Gasteiger partial charge in [-0.05, 0) is 41.0 Å². The number of rotatable bonds is 6. The Kier molecular flexibility index (Phi) is 6.58. The minimum atomic E-state index is -0.705. The summed E-state index contributed by atoms with van der Waals surface area (Å²) >= 11 is 0. The molecule has 170 valence electrons. The Bertz CT molecular complexity index is 1160. The number of carbonyl (C=O) groups excluding carboxylic acids is 2. The number of nitrogens with zero attached hydrogens (tertiary/aromatic N) is 1. The lowest BCUT2D eigenvalue weighted by atomic mass is 9.93. The number of ether oxygens (including phenoxy) is 2. The Hall–Kier alpha value is -3.87. The predicted molar refractivity (Wildman–Crippen MR) is 123 cm³/mol. The van der Waals surface area contributed by atoms with E-state index in [1.54, 1.807) is 35.2 Å². The maximum absolute atomic E-state index is 13.6. The highest BCUT2D eigenvalue weighted by atomic mass is 19.1. The molecule has 33 heavy (non-hydrogen) atoms. The highest BCUT2D eigenvalue weighted by molar-refractivity contribution is 6.01. The van der Waals surface area contributed by atoms with E-state index in [2.05, 4.69) is 5.32 Å². The SMILES string of the molecule is COc1cccc(C(=O)N2CCNC(=O)C2Cc2ccccc2-c2ccc(F)cc2)c1OC. The van der Waals surface area contributed by atoms with Gasteiger partial charge in [-0.15, -0.1) is 0 Å². The molecule has 1 aliphatic heterocycles. The average Bonchev–Trinajstić information content (AvgIpc) is 2.85. The molecule has 1 unspecified atom stereocenters. The maximum atomic E-state index is 13.6. The third-order valence-corrected chi connectivity index (χ3v) is 5.81. The molecule has 0 bridgehead atoms. The second-order valence-corrected chi connectivity index (χ2v) is 7.71. The first-order chi connectivity index (χ1) is 16.0. The molecule has 0 aromatic heterocycles. The lowest BCUT2D eigenvalue weighted by Gasteiger charge is -2.36. The van der Waals surface area contributed by atoms with Gasteiger partial charge in [0.15, 0.2) is 11.5 Å². The quantitative estimate of drug-likeness (QED) is 0.625. The summed E-state index contributed by atoms with van der Waals surface area (Å²) in [6.07, 6.45) is 0.317. The summed E-state index contributed by atoms with van der Waals surface area (Å²) in [6, 6.07) is 18.3. The molecular weight excluding hydrogens is 423 g/mol. The molecular formula is C26H25FN2O4.